The first-order chi connectivity index (χ1) is 16.4. The van der Waals surface area contributed by atoms with Crippen molar-refractivity contribution in [3.8, 4) is 11.8 Å². The van der Waals surface area contributed by atoms with Crippen molar-refractivity contribution in [2.75, 3.05) is 33.9 Å². The van der Waals surface area contributed by atoms with Crippen LogP contribution in [0, 0.1) is 25.2 Å². The highest BCUT2D eigenvalue weighted by atomic mass is 16.5. The van der Waals surface area contributed by atoms with Crippen LogP contribution in [0.1, 0.15) is 48.3 Å². The number of benzene rings is 1. The summed E-state index contributed by atoms with van der Waals surface area (Å²) in [6.45, 7) is 9.38. The van der Waals surface area contributed by atoms with Crippen LogP contribution in [0.3, 0.4) is 0 Å². The van der Waals surface area contributed by atoms with Crippen LogP contribution in [-0.2, 0) is 16.1 Å². The first kappa shape index (κ1) is 25.5. The summed E-state index contributed by atoms with van der Waals surface area (Å²) in [6.07, 6.45) is 3.42. The largest absolute Gasteiger partial charge is 0.497 e. The second-order valence-corrected chi connectivity index (χ2v) is 9.05. The Balaban J connectivity index is 1.59. The average molecular weight is 465 g/mol. The Morgan fingerprint density at radius 1 is 1.26 bits per heavy atom. The molecule has 2 aromatic rings. The third-order valence-electron chi connectivity index (χ3n) is 6.50. The van der Waals surface area contributed by atoms with Gasteiger partial charge in [-0.05, 0) is 69.0 Å². The number of nitriles is 1. The minimum absolute atomic E-state index is 0.0694. The maximum Gasteiger partial charge on any atom is 0.262 e. The molecule has 1 aliphatic heterocycles. The van der Waals surface area contributed by atoms with E-state index >= 15 is 0 Å². The van der Waals surface area contributed by atoms with Crippen molar-refractivity contribution in [1.82, 2.24) is 14.8 Å². The number of nitrogens with one attached hydrogen (secondary N) is 1. The molecule has 3 rings (SSSR count). The molecule has 2 heterocycles. The number of hydrogen-bond acceptors (Lipinski definition) is 5. The molecule has 1 aromatic heterocycles. The lowest BCUT2D eigenvalue weighted by Crippen LogP contribution is -2.44. The molecule has 1 amide bonds. The van der Waals surface area contributed by atoms with Crippen molar-refractivity contribution in [3.63, 3.8) is 0 Å². The number of aryl methyl sites for hydroxylation is 1. The maximum atomic E-state index is 12.9. The zero-order valence-electron chi connectivity index (χ0n) is 20.9. The van der Waals surface area contributed by atoms with Crippen LogP contribution in [0.5, 0.6) is 5.75 Å². The van der Waals surface area contributed by atoms with Crippen LogP contribution in [-0.4, -0.2) is 55.3 Å². The molecule has 1 aromatic carbocycles. The van der Waals surface area contributed by atoms with E-state index in [9.17, 15) is 10.1 Å². The fraction of sp³-hybridized carbons (Fsp3) is 0.481. The Morgan fingerprint density at radius 3 is 2.65 bits per heavy atom. The summed E-state index contributed by atoms with van der Waals surface area (Å²) in [7, 11) is 3.37. The topological polar surface area (TPSA) is 79.5 Å². The Hall–Kier alpha value is -3.08. The van der Waals surface area contributed by atoms with Gasteiger partial charge in [-0.3, -0.25) is 9.69 Å². The highest BCUT2D eigenvalue weighted by molar-refractivity contribution is 6.02. The van der Waals surface area contributed by atoms with Gasteiger partial charge in [0.25, 0.3) is 5.91 Å². The van der Waals surface area contributed by atoms with Crippen molar-refractivity contribution < 1.29 is 14.3 Å². The van der Waals surface area contributed by atoms with E-state index < -0.39 is 0 Å². The quantitative estimate of drug-likeness (QED) is 0.448. The number of carbonyl (C=O) groups excluding carboxylic acids is 1. The van der Waals surface area contributed by atoms with Crippen LogP contribution < -0.4 is 10.1 Å². The zero-order valence-corrected chi connectivity index (χ0v) is 20.9. The third-order valence-corrected chi connectivity index (χ3v) is 6.50. The Morgan fingerprint density at radius 2 is 2.00 bits per heavy atom. The van der Waals surface area contributed by atoms with Crippen molar-refractivity contribution in [3.05, 3.63) is 58.4 Å². The highest BCUT2D eigenvalue weighted by Crippen LogP contribution is 2.23. The summed E-state index contributed by atoms with van der Waals surface area (Å²) >= 11 is 0. The van der Waals surface area contributed by atoms with E-state index in [1.54, 1.807) is 20.3 Å². The van der Waals surface area contributed by atoms with Gasteiger partial charge in [-0.15, -0.1) is 0 Å². The number of likely N-dealkylation sites (tertiary alicyclic amines) is 1. The predicted octanol–water partition coefficient (Wildman–Crippen LogP) is 4.01. The molecule has 0 bridgehead atoms. The molecule has 1 aliphatic rings. The van der Waals surface area contributed by atoms with Crippen LogP contribution in [0.15, 0.2) is 35.9 Å². The van der Waals surface area contributed by atoms with Gasteiger partial charge in [-0.25, -0.2) is 0 Å². The van der Waals surface area contributed by atoms with Gasteiger partial charge >= 0.3 is 0 Å². The number of carbonyl (C=O) groups is 1. The molecule has 34 heavy (non-hydrogen) atoms. The molecule has 1 unspecified atom stereocenters. The number of hydrogen-bond donors (Lipinski definition) is 1. The lowest BCUT2D eigenvalue weighted by Gasteiger charge is -2.32. The second-order valence-electron chi connectivity index (χ2n) is 9.05. The average Bonchev–Trinajstić information content (AvgIpc) is 3.11. The SMILES string of the molecule is COCC(C)n1c(C)cc(/C=C(/C#N)C(=O)NC2CCN(Cc3cccc(OC)c3)CC2)c1C. The molecule has 1 N–H and O–H groups in total. The molecular weight excluding hydrogens is 428 g/mol. The normalized spacial score (nSPS) is 16.2. The number of ether oxygens (including phenoxy) is 2. The Labute approximate surface area is 203 Å². The van der Waals surface area contributed by atoms with Gasteiger partial charge in [-0.1, -0.05) is 12.1 Å². The van der Waals surface area contributed by atoms with Gasteiger partial charge in [0.15, 0.2) is 0 Å². The number of rotatable bonds is 9. The summed E-state index contributed by atoms with van der Waals surface area (Å²) in [5.74, 6) is 0.563. The van der Waals surface area contributed by atoms with Crippen LogP contribution >= 0.6 is 0 Å². The lowest BCUT2D eigenvalue weighted by molar-refractivity contribution is -0.118. The van der Waals surface area contributed by atoms with Crippen LogP contribution in [0.25, 0.3) is 6.08 Å². The van der Waals surface area contributed by atoms with Gasteiger partial charge in [0.05, 0.1) is 19.8 Å². The molecular formula is C27H36N4O3. The number of nitrogens with zero attached hydrogens (tertiary/aromatic N) is 3. The van der Waals surface area contributed by atoms with E-state index in [0.29, 0.717) is 6.61 Å². The Bertz CT molecular complexity index is 1060. The number of methoxy groups -OCH3 is 2. The molecule has 1 saturated heterocycles. The standard InChI is InChI=1S/C27H36N4O3/c1-19-13-23(21(3)31(19)20(2)18-33-4)15-24(16-28)27(32)29-25-9-11-30(12-10-25)17-22-7-6-8-26(14-22)34-5/h6-8,13-15,20,25H,9-12,17-18H2,1-5H3,(H,29,32)/b24-15-. The van der Waals surface area contributed by atoms with E-state index in [2.05, 4.69) is 39.9 Å². The maximum absolute atomic E-state index is 12.9. The lowest BCUT2D eigenvalue weighted by atomic mass is 10.0. The second kappa shape index (κ2) is 11.9. The fourth-order valence-electron chi connectivity index (χ4n) is 4.77. The zero-order chi connectivity index (χ0) is 24.7. The molecule has 182 valence electrons. The first-order valence-corrected chi connectivity index (χ1v) is 11.8. The molecule has 0 spiro atoms. The molecule has 7 nitrogen and oxygen atoms in total. The first-order valence-electron chi connectivity index (χ1n) is 11.8. The molecule has 0 radical (unpaired) electrons. The van der Waals surface area contributed by atoms with Crippen molar-refractivity contribution >= 4 is 12.0 Å². The van der Waals surface area contributed by atoms with Crippen LogP contribution in [0.4, 0.5) is 0 Å². The third kappa shape index (κ3) is 6.28. The smallest absolute Gasteiger partial charge is 0.262 e. The molecule has 1 fully saturated rings. The van der Waals surface area contributed by atoms with E-state index in [0.717, 1.165) is 55.2 Å². The number of amides is 1. The molecule has 1 atom stereocenters. The Kier molecular flexibility index (Phi) is 8.91. The highest BCUT2D eigenvalue weighted by Gasteiger charge is 2.23. The van der Waals surface area contributed by atoms with Crippen molar-refractivity contribution in [2.45, 2.75) is 52.2 Å². The minimum Gasteiger partial charge on any atom is -0.497 e. The number of aromatic nitrogens is 1. The monoisotopic (exact) mass is 464 g/mol. The van der Waals surface area contributed by atoms with Gasteiger partial charge < -0.3 is 19.4 Å². The predicted molar refractivity (Wildman–Crippen MR) is 134 cm³/mol. The summed E-state index contributed by atoms with van der Waals surface area (Å²) in [5.41, 5.74) is 4.34. The van der Waals surface area contributed by atoms with Gasteiger partial charge in [-0.2, -0.15) is 5.26 Å². The van der Waals surface area contributed by atoms with Gasteiger partial charge in [0.2, 0.25) is 0 Å². The molecule has 0 aliphatic carbocycles. The van der Waals surface area contributed by atoms with Crippen LogP contribution in [0.2, 0.25) is 0 Å². The van der Waals surface area contributed by atoms with E-state index in [1.165, 1.54) is 5.56 Å². The van der Waals surface area contributed by atoms with Crippen molar-refractivity contribution in [1.29, 1.82) is 5.26 Å². The summed E-state index contributed by atoms with van der Waals surface area (Å²) in [4.78, 5) is 15.3. The van der Waals surface area contributed by atoms with E-state index in [1.807, 2.05) is 32.0 Å². The summed E-state index contributed by atoms with van der Waals surface area (Å²) < 4.78 is 12.8. The van der Waals surface area contributed by atoms with Gasteiger partial charge in [0, 0.05) is 44.2 Å². The van der Waals surface area contributed by atoms with E-state index in [-0.39, 0.29) is 23.6 Å². The summed E-state index contributed by atoms with van der Waals surface area (Å²) in [6, 6.07) is 12.5. The number of piperidine rings is 1. The van der Waals surface area contributed by atoms with Gasteiger partial charge in [0.1, 0.15) is 17.4 Å². The molecule has 0 saturated carbocycles. The summed E-state index contributed by atoms with van der Waals surface area (Å²) in [5, 5.41) is 12.7. The molecule has 7 heteroatoms. The minimum atomic E-state index is -0.302. The van der Waals surface area contributed by atoms with E-state index in [4.69, 9.17) is 9.47 Å². The van der Waals surface area contributed by atoms with Crippen molar-refractivity contribution in [2.24, 2.45) is 0 Å². The fourth-order valence-corrected chi connectivity index (χ4v) is 4.77.